The van der Waals surface area contributed by atoms with Gasteiger partial charge in [-0.2, -0.15) is 11.3 Å². The lowest BCUT2D eigenvalue weighted by atomic mass is 9.83. The average Bonchev–Trinajstić information content (AvgIpc) is 3.43. The van der Waals surface area contributed by atoms with E-state index >= 15 is 0 Å². The maximum Gasteiger partial charge on any atom is 0.409 e. The molecule has 0 atom stereocenters. The number of carbonyl (C=O) groups is 2. The predicted molar refractivity (Wildman–Crippen MR) is 147 cm³/mol. The Kier molecular flexibility index (Phi) is 8.24. The summed E-state index contributed by atoms with van der Waals surface area (Å²) in [6.45, 7) is 3.95. The maximum atomic E-state index is 12.9. The van der Waals surface area contributed by atoms with E-state index in [1.54, 1.807) is 23.3 Å². The molecule has 8 nitrogen and oxygen atoms in total. The van der Waals surface area contributed by atoms with E-state index in [1.807, 2.05) is 55.6 Å². The van der Waals surface area contributed by atoms with E-state index in [4.69, 9.17) is 10.5 Å². The SMILES string of the molecule is COC(=O)N(C)[C@H]1CC[C@H](CC(=O)Nc2cc(-c3ccsc3)c(-c3ccc(C(C)(C)N)cc3)nn2)CC1. The molecule has 0 saturated heterocycles. The van der Waals surface area contributed by atoms with Gasteiger partial charge in [0.1, 0.15) is 5.69 Å². The second kappa shape index (κ2) is 11.4. The van der Waals surface area contributed by atoms with Crippen LogP contribution in [0.3, 0.4) is 0 Å². The van der Waals surface area contributed by atoms with Gasteiger partial charge in [-0.25, -0.2) is 4.79 Å². The molecule has 0 radical (unpaired) electrons. The molecule has 37 heavy (non-hydrogen) atoms. The van der Waals surface area contributed by atoms with E-state index in [9.17, 15) is 9.59 Å². The fourth-order valence-electron chi connectivity index (χ4n) is 4.85. The zero-order valence-corrected chi connectivity index (χ0v) is 22.7. The number of anilines is 1. The van der Waals surface area contributed by atoms with Gasteiger partial charge in [0.25, 0.3) is 0 Å². The van der Waals surface area contributed by atoms with Gasteiger partial charge in [-0.3, -0.25) is 4.79 Å². The van der Waals surface area contributed by atoms with E-state index in [1.165, 1.54) is 7.11 Å². The van der Waals surface area contributed by atoms with E-state index in [0.29, 0.717) is 12.2 Å². The van der Waals surface area contributed by atoms with Crippen LogP contribution in [0.1, 0.15) is 51.5 Å². The molecule has 1 saturated carbocycles. The molecule has 2 amide bonds. The molecule has 2 aromatic heterocycles. The number of ether oxygens (including phenoxy) is 1. The lowest BCUT2D eigenvalue weighted by Crippen LogP contribution is -2.39. The predicted octanol–water partition coefficient (Wildman–Crippen LogP) is 5.65. The van der Waals surface area contributed by atoms with Crippen molar-refractivity contribution >= 4 is 29.2 Å². The number of thiophene rings is 1. The van der Waals surface area contributed by atoms with Gasteiger partial charge in [-0.1, -0.05) is 24.3 Å². The van der Waals surface area contributed by atoms with E-state index in [-0.39, 0.29) is 24.0 Å². The van der Waals surface area contributed by atoms with Gasteiger partial charge in [-0.15, -0.1) is 10.2 Å². The normalized spacial score (nSPS) is 17.8. The molecule has 1 aliphatic rings. The highest BCUT2D eigenvalue weighted by atomic mass is 32.1. The van der Waals surface area contributed by atoms with Crippen molar-refractivity contribution in [2.24, 2.45) is 11.7 Å². The Balaban J connectivity index is 1.45. The summed E-state index contributed by atoms with van der Waals surface area (Å²) in [5.74, 6) is 0.641. The molecule has 0 bridgehead atoms. The first-order chi connectivity index (χ1) is 17.7. The molecule has 196 valence electrons. The van der Waals surface area contributed by atoms with Crippen LogP contribution < -0.4 is 11.1 Å². The third-order valence-corrected chi connectivity index (χ3v) is 7.78. The van der Waals surface area contributed by atoms with Gasteiger partial charge in [-0.05, 0) is 79.5 Å². The van der Waals surface area contributed by atoms with Crippen LogP contribution in [0, 0.1) is 5.92 Å². The number of hydrogen-bond donors (Lipinski definition) is 2. The minimum atomic E-state index is -0.426. The number of nitrogens with one attached hydrogen (secondary N) is 1. The highest BCUT2D eigenvalue weighted by molar-refractivity contribution is 7.08. The van der Waals surface area contributed by atoms with E-state index in [0.717, 1.165) is 53.6 Å². The maximum absolute atomic E-state index is 12.9. The highest BCUT2D eigenvalue weighted by Gasteiger charge is 2.28. The van der Waals surface area contributed by atoms with Crippen LogP contribution in [0.25, 0.3) is 22.4 Å². The quantitative estimate of drug-likeness (QED) is 0.416. The number of hydrogen-bond acceptors (Lipinski definition) is 7. The highest BCUT2D eigenvalue weighted by Crippen LogP contribution is 2.34. The minimum Gasteiger partial charge on any atom is -0.453 e. The Morgan fingerprint density at radius 3 is 2.41 bits per heavy atom. The van der Waals surface area contributed by atoms with Crippen molar-refractivity contribution < 1.29 is 14.3 Å². The van der Waals surface area contributed by atoms with Crippen molar-refractivity contribution in [3.05, 3.63) is 52.7 Å². The zero-order valence-electron chi connectivity index (χ0n) is 21.9. The van der Waals surface area contributed by atoms with E-state index < -0.39 is 5.54 Å². The summed E-state index contributed by atoms with van der Waals surface area (Å²) in [6, 6.07) is 12.1. The molecule has 9 heteroatoms. The van der Waals surface area contributed by atoms with E-state index in [2.05, 4.69) is 20.9 Å². The summed E-state index contributed by atoms with van der Waals surface area (Å²) in [4.78, 5) is 26.3. The average molecular weight is 522 g/mol. The van der Waals surface area contributed by atoms with Gasteiger partial charge < -0.3 is 20.7 Å². The number of amides is 2. The Bertz CT molecular complexity index is 1210. The first-order valence-electron chi connectivity index (χ1n) is 12.6. The Labute approximate surface area is 222 Å². The number of benzene rings is 1. The van der Waals surface area contributed by atoms with Crippen LogP contribution in [-0.4, -0.2) is 47.3 Å². The van der Waals surface area contributed by atoms with Gasteiger partial charge in [0.2, 0.25) is 5.91 Å². The summed E-state index contributed by atoms with van der Waals surface area (Å²) >= 11 is 1.61. The Morgan fingerprint density at radius 1 is 1.11 bits per heavy atom. The van der Waals surface area contributed by atoms with Crippen molar-refractivity contribution in [3.63, 3.8) is 0 Å². The van der Waals surface area contributed by atoms with Crippen molar-refractivity contribution in [2.75, 3.05) is 19.5 Å². The molecular weight excluding hydrogens is 486 g/mol. The van der Waals surface area contributed by atoms with Crippen molar-refractivity contribution in [1.82, 2.24) is 15.1 Å². The molecule has 4 rings (SSSR count). The molecule has 0 unspecified atom stereocenters. The summed E-state index contributed by atoms with van der Waals surface area (Å²) in [6.07, 6.45) is 3.60. The van der Waals surface area contributed by atoms with Gasteiger partial charge in [0.15, 0.2) is 5.82 Å². The first-order valence-corrected chi connectivity index (χ1v) is 13.5. The van der Waals surface area contributed by atoms with Crippen molar-refractivity contribution in [3.8, 4) is 22.4 Å². The second-order valence-corrected chi connectivity index (χ2v) is 11.1. The van der Waals surface area contributed by atoms with Crippen LogP contribution in [0.5, 0.6) is 0 Å². The molecule has 2 heterocycles. The Hall–Kier alpha value is -3.30. The largest absolute Gasteiger partial charge is 0.453 e. The number of nitrogens with two attached hydrogens (primary N) is 1. The number of nitrogens with zero attached hydrogens (tertiary/aromatic N) is 3. The molecule has 0 aliphatic heterocycles. The minimum absolute atomic E-state index is 0.0716. The third-order valence-electron chi connectivity index (χ3n) is 7.10. The molecule has 3 N–H and O–H groups in total. The molecule has 1 aromatic carbocycles. The molecular formula is C28H35N5O3S. The van der Waals surface area contributed by atoms with Crippen molar-refractivity contribution in [2.45, 2.75) is 57.5 Å². The van der Waals surface area contributed by atoms with Crippen LogP contribution >= 0.6 is 11.3 Å². The standard InChI is InChI=1S/C28H35N5O3S/c1-28(2,29)21-9-7-19(8-10-21)26-23(20-13-14-37-17-20)16-24(31-32-26)30-25(34)15-18-5-11-22(12-6-18)33(3)27(35)36-4/h7-10,13-14,16-18,22H,5-6,11-12,15,29H2,1-4H3,(H,30,31,34)/t18-,22-. The first kappa shape index (κ1) is 26.8. The van der Waals surface area contributed by atoms with Gasteiger partial charge >= 0.3 is 6.09 Å². The van der Waals surface area contributed by atoms with Crippen LogP contribution in [0.2, 0.25) is 0 Å². The van der Waals surface area contributed by atoms with Gasteiger partial charge in [0, 0.05) is 36.2 Å². The van der Waals surface area contributed by atoms with Crippen LogP contribution in [0.4, 0.5) is 10.6 Å². The zero-order chi connectivity index (χ0) is 26.6. The Morgan fingerprint density at radius 2 is 1.81 bits per heavy atom. The van der Waals surface area contributed by atoms with Gasteiger partial charge in [0.05, 0.1) is 7.11 Å². The topological polar surface area (TPSA) is 110 Å². The molecule has 0 spiro atoms. The lowest BCUT2D eigenvalue weighted by Gasteiger charge is -2.33. The lowest BCUT2D eigenvalue weighted by molar-refractivity contribution is -0.117. The molecule has 1 fully saturated rings. The number of methoxy groups -OCH3 is 1. The van der Waals surface area contributed by atoms with Crippen LogP contribution in [0.15, 0.2) is 47.2 Å². The second-order valence-electron chi connectivity index (χ2n) is 10.3. The molecule has 1 aliphatic carbocycles. The van der Waals surface area contributed by atoms with Crippen LogP contribution in [-0.2, 0) is 15.1 Å². The summed E-state index contributed by atoms with van der Waals surface area (Å²) < 4.78 is 4.82. The van der Waals surface area contributed by atoms with Crippen molar-refractivity contribution in [1.29, 1.82) is 0 Å². The summed E-state index contributed by atoms with van der Waals surface area (Å²) in [5, 5.41) is 15.9. The number of rotatable bonds is 7. The smallest absolute Gasteiger partial charge is 0.409 e. The number of aromatic nitrogens is 2. The molecule has 3 aromatic rings. The fraction of sp³-hybridized carbons (Fsp3) is 0.429. The summed E-state index contributed by atoms with van der Waals surface area (Å²) in [7, 11) is 3.16. The third kappa shape index (κ3) is 6.53. The summed E-state index contributed by atoms with van der Waals surface area (Å²) in [5.41, 5.74) is 10.5. The monoisotopic (exact) mass is 521 g/mol. The number of carbonyl (C=O) groups excluding carboxylic acids is 2. The fourth-order valence-corrected chi connectivity index (χ4v) is 5.50.